The summed E-state index contributed by atoms with van der Waals surface area (Å²) in [6.07, 6.45) is -0.467. The minimum atomic E-state index is -1.08. The van der Waals surface area contributed by atoms with Crippen LogP contribution in [-0.2, 0) is 25.4 Å². The summed E-state index contributed by atoms with van der Waals surface area (Å²) in [4.78, 5) is 25.5. The van der Waals surface area contributed by atoms with Crippen LogP contribution < -0.4 is 4.74 Å². The molecule has 1 unspecified atom stereocenters. The Morgan fingerprint density at radius 2 is 1.60 bits per heavy atom. The molecule has 8 heteroatoms. The van der Waals surface area contributed by atoms with Gasteiger partial charge in [0.1, 0.15) is 24.0 Å². The van der Waals surface area contributed by atoms with E-state index >= 15 is 0 Å². The van der Waals surface area contributed by atoms with Crippen molar-refractivity contribution >= 4 is 12.1 Å². The molecule has 0 heterocycles. The van der Waals surface area contributed by atoms with Crippen molar-refractivity contribution in [3.05, 3.63) is 29.8 Å². The van der Waals surface area contributed by atoms with E-state index in [1.165, 1.54) is 4.90 Å². The van der Waals surface area contributed by atoms with Gasteiger partial charge in [-0.05, 0) is 52.3 Å². The fraction of sp³-hybridized carbons (Fsp3) is 0.636. The first-order valence-corrected chi connectivity index (χ1v) is 10.3. The van der Waals surface area contributed by atoms with Crippen molar-refractivity contribution in [3.8, 4) is 5.75 Å². The first-order chi connectivity index (χ1) is 14.2. The zero-order valence-electron chi connectivity index (χ0n) is 18.7. The van der Waals surface area contributed by atoms with E-state index < -0.39 is 23.7 Å². The summed E-state index contributed by atoms with van der Waals surface area (Å²) in [5, 5.41) is 9.66. The number of carbonyl (C=O) groups is 2. The van der Waals surface area contributed by atoms with Crippen LogP contribution in [0.1, 0.15) is 40.2 Å². The van der Waals surface area contributed by atoms with Crippen molar-refractivity contribution in [1.29, 1.82) is 0 Å². The van der Waals surface area contributed by atoms with Crippen molar-refractivity contribution in [2.24, 2.45) is 0 Å². The molecule has 0 bridgehead atoms. The van der Waals surface area contributed by atoms with Gasteiger partial charge in [0, 0.05) is 19.6 Å². The zero-order valence-corrected chi connectivity index (χ0v) is 18.7. The smallest absolute Gasteiger partial charge is 0.411 e. The molecule has 1 aromatic carbocycles. The number of carbonyl (C=O) groups excluding carboxylic acids is 1. The van der Waals surface area contributed by atoms with Crippen LogP contribution in [0, 0.1) is 0 Å². The molecule has 170 valence electrons. The molecule has 0 spiro atoms. The Hall–Kier alpha value is -2.32. The maximum Gasteiger partial charge on any atom is 0.411 e. The Morgan fingerprint density at radius 1 is 1.00 bits per heavy atom. The average molecular weight is 426 g/mol. The first-order valence-electron chi connectivity index (χ1n) is 10.3. The minimum absolute atomic E-state index is 0.170. The van der Waals surface area contributed by atoms with Crippen molar-refractivity contribution < 1.29 is 33.6 Å². The Balaban J connectivity index is 2.61. The number of likely N-dealkylation sites (N-methyl/N-ethyl adjacent to an activating group) is 1. The molecule has 0 aliphatic rings. The highest BCUT2D eigenvalue weighted by atomic mass is 16.6. The molecular formula is C22H35NO7. The molecule has 0 fully saturated rings. The van der Waals surface area contributed by atoms with Crippen LogP contribution in [0.5, 0.6) is 5.75 Å². The highest BCUT2D eigenvalue weighted by molar-refractivity contribution is 5.80. The van der Waals surface area contributed by atoms with Gasteiger partial charge in [0.05, 0.1) is 19.8 Å². The van der Waals surface area contributed by atoms with Crippen molar-refractivity contribution in [1.82, 2.24) is 4.90 Å². The molecule has 1 aromatic rings. The van der Waals surface area contributed by atoms with Gasteiger partial charge in [-0.1, -0.05) is 12.1 Å². The predicted molar refractivity (Wildman–Crippen MR) is 113 cm³/mol. The minimum Gasteiger partial charge on any atom is -0.491 e. The number of nitrogens with zero attached hydrogens (tertiary/aromatic N) is 1. The quantitative estimate of drug-likeness (QED) is 0.484. The number of carboxylic acids is 1. The molecule has 0 aromatic heterocycles. The van der Waals surface area contributed by atoms with Gasteiger partial charge in [-0.2, -0.15) is 0 Å². The number of ether oxygens (including phenoxy) is 4. The third-order valence-electron chi connectivity index (χ3n) is 4.05. The van der Waals surface area contributed by atoms with E-state index in [-0.39, 0.29) is 13.0 Å². The van der Waals surface area contributed by atoms with E-state index in [9.17, 15) is 14.7 Å². The SMILES string of the molecule is CCOCCOCCOc1ccc(CC(C(=O)O)N(CC)C(=O)OC(C)(C)C)cc1. The van der Waals surface area contributed by atoms with Gasteiger partial charge in [0.15, 0.2) is 0 Å². The Morgan fingerprint density at radius 3 is 2.13 bits per heavy atom. The van der Waals surface area contributed by atoms with Gasteiger partial charge in [-0.25, -0.2) is 9.59 Å². The number of hydrogen-bond acceptors (Lipinski definition) is 6. The Kier molecular flexibility index (Phi) is 11.2. The summed E-state index contributed by atoms with van der Waals surface area (Å²) in [6.45, 7) is 11.8. The van der Waals surface area contributed by atoms with E-state index in [1.807, 2.05) is 6.92 Å². The number of carboxylic acid groups (broad SMARTS) is 1. The largest absolute Gasteiger partial charge is 0.491 e. The number of aliphatic carboxylic acids is 1. The van der Waals surface area contributed by atoms with Crippen LogP contribution in [-0.4, -0.2) is 73.3 Å². The highest BCUT2D eigenvalue weighted by Gasteiger charge is 2.32. The van der Waals surface area contributed by atoms with E-state index in [0.717, 1.165) is 5.56 Å². The number of amides is 1. The summed E-state index contributed by atoms with van der Waals surface area (Å²) in [5.74, 6) is -0.411. The van der Waals surface area contributed by atoms with E-state index in [1.54, 1.807) is 52.0 Å². The molecule has 0 aliphatic heterocycles. The zero-order chi connectivity index (χ0) is 22.6. The van der Waals surface area contributed by atoms with Gasteiger partial charge in [0.2, 0.25) is 0 Å². The lowest BCUT2D eigenvalue weighted by Crippen LogP contribution is -2.48. The molecule has 1 N–H and O–H groups in total. The Bertz CT molecular complexity index is 640. The maximum absolute atomic E-state index is 12.4. The number of benzene rings is 1. The fourth-order valence-electron chi connectivity index (χ4n) is 2.66. The topological polar surface area (TPSA) is 94.5 Å². The maximum atomic E-state index is 12.4. The monoisotopic (exact) mass is 425 g/mol. The van der Waals surface area contributed by atoms with Gasteiger partial charge in [-0.3, -0.25) is 4.90 Å². The molecule has 8 nitrogen and oxygen atoms in total. The lowest BCUT2D eigenvalue weighted by Gasteiger charge is -2.30. The van der Waals surface area contributed by atoms with Crippen LogP contribution in [0.2, 0.25) is 0 Å². The van der Waals surface area contributed by atoms with E-state index in [0.29, 0.717) is 38.8 Å². The van der Waals surface area contributed by atoms with Gasteiger partial charge >= 0.3 is 12.1 Å². The summed E-state index contributed by atoms with van der Waals surface area (Å²) in [7, 11) is 0. The third-order valence-corrected chi connectivity index (χ3v) is 4.05. The fourth-order valence-corrected chi connectivity index (χ4v) is 2.66. The standard InChI is InChI=1S/C22H35NO7/c1-6-23(21(26)30-22(3,4)5)19(20(24)25)16-17-8-10-18(11-9-17)29-15-14-28-13-12-27-7-2/h8-11,19H,6-7,12-16H2,1-5H3,(H,24,25). The number of rotatable bonds is 13. The predicted octanol–water partition coefficient (Wildman–Crippen LogP) is 3.37. The molecule has 0 saturated carbocycles. The van der Waals surface area contributed by atoms with Crippen molar-refractivity contribution in [2.75, 3.05) is 39.6 Å². The highest BCUT2D eigenvalue weighted by Crippen LogP contribution is 2.18. The Labute approximate surface area is 179 Å². The normalized spacial score (nSPS) is 12.3. The average Bonchev–Trinajstić information content (AvgIpc) is 2.66. The van der Waals surface area contributed by atoms with Crippen molar-refractivity contribution in [3.63, 3.8) is 0 Å². The van der Waals surface area contributed by atoms with Gasteiger partial charge < -0.3 is 24.1 Å². The van der Waals surface area contributed by atoms with Gasteiger partial charge in [0.25, 0.3) is 0 Å². The van der Waals surface area contributed by atoms with Crippen LogP contribution in [0.25, 0.3) is 0 Å². The summed E-state index contributed by atoms with van der Waals surface area (Å²) >= 11 is 0. The lowest BCUT2D eigenvalue weighted by molar-refractivity contribution is -0.143. The molecule has 0 radical (unpaired) electrons. The van der Waals surface area contributed by atoms with Crippen LogP contribution in [0.3, 0.4) is 0 Å². The summed E-state index contributed by atoms with van der Waals surface area (Å²) < 4.78 is 21.5. The molecular weight excluding hydrogens is 390 g/mol. The van der Waals surface area contributed by atoms with Crippen LogP contribution >= 0.6 is 0 Å². The third kappa shape index (κ3) is 9.93. The second-order valence-corrected chi connectivity index (χ2v) is 7.63. The second kappa shape index (κ2) is 13.1. The van der Waals surface area contributed by atoms with Gasteiger partial charge in [-0.15, -0.1) is 0 Å². The van der Waals surface area contributed by atoms with E-state index in [4.69, 9.17) is 18.9 Å². The lowest BCUT2D eigenvalue weighted by atomic mass is 10.0. The van der Waals surface area contributed by atoms with E-state index in [2.05, 4.69) is 0 Å². The van der Waals surface area contributed by atoms with Crippen molar-refractivity contribution in [2.45, 2.75) is 52.7 Å². The molecule has 1 rings (SSSR count). The summed E-state index contributed by atoms with van der Waals surface area (Å²) in [5.41, 5.74) is 0.0870. The summed E-state index contributed by atoms with van der Waals surface area (Å²) in [6, 6.07) is 6.13. The molecule has 1 amide bonds. The molecule has 0 aliphatic carbocycles. The van der Waals surface area contributed by atoms with Crippen LogP contribution in [0.15, 0.2) is 24.3 Å². The first kappa shape index (κ1) is 25.7. The second-order valence-electron chi connectivity index (χ2n) is 7.63. The molecule has 0 saturated heterocycles. The number of hydrogen-bond donors (Lipinski definition) is 1. The molecule has 30 heavy (non-hydrogen) atoms. The van der Waals surface area contributed by atoms with Crippen LogP contribution in [0.4, 0.5) is 4.79 Å². The molecule has 1 atom stereocenters.